The van der Waals surface area contributed by atoms with Gasteiger partial charge in [-0.25, -0.2) is 4.98 Å². The van der Waals surface area contributed by atoms with E-state index in [4.69, 9.17) is 0 Å². The summed E-state index contributed by atoms with van der Waals surface area (Å²) in [5, 5.41) is 12.0. The number of nitrogens with one attached hydrogen (secondary N) is 1. The molecule has 2 aromatic rings. The third-order valence-electron chi connectivity index (χ3n) is 3.39. The van der Waals surface area contributed by atoms with Gasteiger partial charge in [0.25, 0.3) is 0 Å². The van der Waals surface area contributed by atoms with Crippen molar-refractivity contribution >= 4 is 15.9 Å². The first-order valence-corrected chi connectivity index (χ1v) is 7.30. The van der Waals surface area contributed by atoms with E-state index in [-0.39, 0.29) is 6.04 Å². The SMILES string of the molecule is CC(NCc1cccc(Br)n1)c1nnc2n1CCC2. The minimum absolute atomic E-state index is 0.181. The highest BCUT2D eigenvalue weighted by atomic mass is 79.9. The molecule has 0 amide bonds. The summed E-state index contributed by atoms with van der Waals surface area (Å²) in [5.74, 6) is 2.15. The molecule has 0 saturated carbocycles. The molecule has 5 nitrogen and oxygen atoms in total. The van der Waals surface area contributed by atoms with Gasteiger partial charge in [-0.05, 0) is 41.4 Å². The number of fused-ring (bicyclic) bond motifs is 1. The summed E-state index contributed by atoms with van der Waals surface area (Å²) in [6.07, 6.45) is 2.23. The second kappa shape index (κ2) is 5.38. The van der Waals surface area contributed by atoms with Crippen molar-refractivity contribution in [1.29, 1.82) is 0 Å². The predicted molar refractivity (Wildman–Crippen MR) is 75.5 cm³/mol. The molecule has 1 aliphatic rings. The highest BCUT2D eigenvalue weighted by Gasteiger charge is 2.20. The lowest BCUT2D eigenvalue weighted by Crippen LogP contribution is -2.22. The number of aryl methyl sites for hydroxylation is 1. The first-order valence-electron chi connectivity index (χ1n) is 6.51. The highest BCUT2D eigenvalue weighted by Crippen LogP contribution is 2.19. The quantitative estimate of drug-likeness (QED) is 0.877. The molecule has 1 unspecified atom stereocenters. The Labute approximate surface area is 120 Å². The van der Waals surface area contributed by atoms with Gasteiger partial charge in [0.05, 0.1) is 11.7 Å². The predicted octanol–water partition coefficient (Wildman–Crippen LogP) is 2.23. The largest absolute Gasteiger partial charge is 0.314 e. The van der Waals surface area contributed by atoms with Crippen molar-refractivity contribution in [3.63, 3.8) is 0 Å². The van der Waals surface area contributed by atoms with Crippen LogP contribution >= 0.6 is 15.9 Å². The molecule has 100 valence electrons. The fourth-order valence-corrected chi connectivity index (χ4v) is 2.77. The summed E-state index contributed by atoms with van der Waals surface area (Å²) >= 11 is 3.38. The molecule has 1 atom stereocenters. The lowest BCUT2D eigenvalue weighted by atomic mass is 10.3. The lowest BCUT2D eigenvalue weighted by Gasteiger charge is -2.13. The average Bonchev–Trinajstić information content (AvgIpc) is 2.98. The van der Waals surface area contributed by atoms with Crippen LogP contribution in [0.1, 0.15) is 36.7 Å². The Balaban J connectivity index is 1.66. The maximum atomic E-state index is 4.41. The van der Waals surface area contributed by atoms with Crippen molar-refractivity contribution in [3.05, 3.63) is 40.1 Å². The molecule has 0 radical (unpaired) electrons. The first kappa shape index (κ1) is 12.7. The van der Waals surface area contributed by atoms with Crippen molar-refractivity contribution in [1.82, 2.24) is 25.1 Å². The molecule has 2 aromatic heterocycles. The molecule has 1 aliphatic heterocycles. The molecule has 3 rings (SSSR count). The molecule has 0 saturated heterocycles. The Morgan fingerprint density at radius 2 is 2.32 bits per heavy atom. The van der Waals surface area contributed by atoms with Crippen LogP contribution in [0, 0.1) is 0 Å². The Morgan fingerprint density at radius 1 is 1.42 bits per heavy atom. The van der Waals surface area contributed by atoms with Gasteiger partial charge in [-0.15, -0.1) is 10.2 Å². The molecule has 0 bridgehead atoms. The van der Waals surface area contributed by atoms with Crippen LogP contribution < -0.4 is 5.32 Å². The minimum Gasteiger partial charge on any atom is -0.314 e. The fourth-order valence-electron chi connectivity index (χ4n) is 2.39. The number of aromatic nitrogens is 4. The van der Waals surface area contributed by atoms with Gasteiger partial charge < -0.3 is 9.88 Å². The van der Waals surface area contributed by atoms with E-state index in [0.29, 0.717) is 0 Å². The second-order valence-corrected chi connectivity index (χ2v) is 5.60. The Hall–Kier alpha value is -1.27. The van der Waals surface area contributed by atoms with Crippen LogP contribution in [-0.4, -0.2) is 19.7 Å². The molecule has 6 heteroatoms. The molecule has 0 fully saturated rings. The monoisotopic (exact) mass is 321 g/mol. The maximum Gasteiger partial charge on any atom is 0.149 e. The highest BCUT2D eigenvalue weighted by molar-refractivity contribution is 9.10. The van der Waals surface area contributed by atoms with Crippen LogP contribution in [0.5, 0.6) is 0 Å². The molecule has 0 aliphatic carbocycles. The third kappa shape index (κ3) is 2.69. The molecule has 0 spiro atoms. The summed E-state index contributed by atoms with van der Waals surface area (Å²) < 4.78 is 3.09. The topological polar surface area (TPSA) is 55.6 Å². The standard InChI is InChI=1S/C13H16BrN5/c1-9(13-18-17-12-6-3-7-19(12)13)15-8-10-4-2-5-11(14)16-10/h2,4-5,9,15H,3,6-8H2,1H3. The van der Waals surface area contributed by atoms with Crippen LogP contribution in [0.4, 0.5) is 0 Å². The molecular formula is C13H16BrN5. The van der Waals surface area contributed by atoms with Gasteiger partial charge in [0.15, 0.2) is 0 Å². The Morgan fingerprint density at radius 3 is 3.16 bits per heavy atom. The zero-order valence-electron chi connectivity index (χ0n) is 10.8. The van der Waals surface area contributed by atoms with Crippen molar-refractivity contribution in [2.75, 3.05) is 0 Å². The molecule has 1 N–H and O–H groups in total. The van der Waals surface area contributed by atoms with Crippen molar-refractivity contribution in [2.24, 2.45) is 0 Å². The second-order valence-electron chi connectivity index (χ2n) is 4.78. The van der Waals surface area contributed by atoms with Gasteiger partial charge in [0, 0.05) is 19.5 Å². The van der Waals surface area contributed by atoms with Crippen molar-refractivity contribution < 1.29 is 0 Å². The summed E-state index contributed by atoms with van der Waals surface area (Å²) in [7, 11) is 0. The van der Waals surface area contributed by atoms with Gasteiger partial charge in [-0.1, -0.05) is 6.07 Å². The number of rotatable bonds is 4. The third-order valence-corrected chi connectivity index (χ3v) is 3.83. The van der Waals surface area contributed by atoms with Crippen molar-refractivity contribution in [2.45, 2.75) is 38.9 Å². The Kier molecular flexibility index (Phi) is 3.61. The summed E-state index contributed by atoms with van der Waals surface area (Å²) in [6, 6.07) is 6.12. The molecule has 3 heterocycles. The Bertz CT molecular complexity index is 580. The van der Waals surface area contributed by atoms with E-state index >= 15 is 0 Å². The van der Waals surface area contributed by atoms with Gasteiger partial charge in [-0.3, -0.25) is 0 Å². The fraction of sp³-hybridized carbons (Fsp3) is 0.462. The van der Waals surface area contributed by atoms with E-state index in [9.17, 15) is 0 Å². The van der Waals surface area contributed by atoms with Crippen LogP contribution in [0.2, 0.25) is 0 Å². The summed E-state index contributed by atoms with van der Waals surface area (Å²) in [5.41, 5.74) is 1.02. The average molecular weight is 322 g/mol. The lowest BCUT2D eigenvalue weighted by molar-refractivity contribution is 0.511. The van der Waals surface area contributed by atoms with Crippen LogP contribution in [0.15, 0.2) is 22.8 Å². The number of hydrogen-bond donors (Lipinski definition) is 1. The van der Waals surface area contributed by atoms with E-state index in [0.717, 1.165) is 41.5 Å². The smallest absolute Gasteiger partial charge is 0.149 e. The molecule has 0 aromatic carbocycles. The summed E-state index contributed by atoms with van der Waals surface area (Å²) in [6.45, 7) is 3.88. The van der Waals surface area contributed by atoms with Gasteiger partial charge in [0.1, 0.15) is 16.3 Å². The number of halogens is 1. The minimum atomic E-state index is 0.181. The van der Waals surface area contributed by atoms with Gasteiger partial charge >= 0.3 is 0 Å². The van der Waals surface area contributed by atoms with E-state index < -0.39 is 0 Å². The van der Waals surface area contributed by atoms with E-state index in [1.807, 2.05) is 18.2 Å². The van der Waals surface area contributed by atoms with Crippen LogP contribution in [0.25, 0.3) is 0 Å². The zero-order valence-corrected chi connectivity index (χ0v) is 12.4. The maximum absolute atomic E-state index is 4.41. The van der Waals surface area contributed by atoms with Gasteiger partial charge in [0.2, 0.25) is 0 Å². The summed E-state index contributed by atoms with van der Waals surface area (Å²) in [4.78, 5) is 4.41. The van der Waals surface area contributed by atoms with Crippen LogP contribution in [0.3, 0.4) is 0 Å². The van der Waals surface area contributed by atoms with E-state index in [1.54, 1.807) is 0 Å². The van der Waals surface area contributed by atoms with E-state index in [2.05, 4.69) is 47.9 Å². The number of nitrogens with zero attached hydrogens (tertiary/aromatic N) is 4. The molecule has 19 heavy (non-hydrogen) atoms. The first-order chi connectivity index (χ1) is 9.24. The van der Waals surface area contributed by atoms with Crippen molar-refractivity contribution in [3.8, 4) is 0 Å². The normalized spacial score (nSPS) is 15.5. The molecular weight excluding hydrogens is 306 g/mol. The van der Waals surface area contributed by atoms with Gasteiger partial charge in [-0.2, -0.15) is 0 Å². The number of pyridine rings is 1. The van der Waals surface area contributed by atoms with Crippen LogP contribution in [-0.2, 0) is 19.5 Å². The zero-order chi connectivity index (χ0) is 13.2. The number of hydrogen-bond acceptors (Lipinski definition) is 4. The van der Waals surface area contributed by atoms with E-state index in [1.165, 1.54) is 6.42 Å².